The minimum Gasteiger partial charge on any atom is -0.334 e. The number of pyridine rings is 2. The van der Waals surface area contributed by atoms with Gasteiger partial charge < -0.3 is 4.90 Å². The van der Waals surface area contributed by atoms with Crippen molar-refractivity contribution in [2.24, 2.45) is 0 Å². The third-order valence-electron chi connectivity index (χ3n) is 3.35. The highest BCUT2D eigenvalue weighted by molar-refractivity contribution is 5.76. The van der Waals surface area contributed by atoms with Crippen molar-refractivity contribution in [1.29, 1.82) is 0 Å². The fourth-order valence-electron chi connectivity index (χ4n) is 2.17. The molecule has 0 bridgehead atoms. The number of aromatic nitrogens is 2. The average molecular weight is 283 g/mol. The molecule has 0 aliphatic carbocycles. The van der Waals surface area contributed by atoms with Crippen LogP contribution in [0, 0.1) is 0 Å². The van der Waals surface area contributed by atoms with Crippen molar-refractivity contribution in [2.45, 2.75) is 39.3 Å². The van der Waals surface area contributed by atoms with Crippen LogP contribution in [0.5, 0.6) is 0 Å². The lowest BCUT2D eigenvalue weighted by Crippen LogP contribution is -2.36. The average Bonchev–Trinajstić information content (AvgIpc) is 2.52. The van der Waals surface area contributed by atoms with Gasteiger partial charge in [0.15, 0.2) is 0 Å². The van der Waals surface area contributed by atoms with Crippen LogP contribution in [-0.2, 0) is 17.8 Å². The molecule has 0 radical (unpaired) electrons. The van der Waals surface area contributed by atoms with Crippen LogP contribution in [0.2, 0.25) is 0 Å². The highest BCUT2D eigenvalue weighted by Gasteiger charge is 2.17. The Labute approximate surface area is 125 Å². The molecular weight excluding hydrogens is 262 g/mol. The van der Waals surface area contributed by atoms with E-state index in [1.54, 1.807) is 12.4 Å². The van der Waals surface area contributed by atoms with Crippen molar-refractivity contribution in [3.8, 4) is 0 Å². The molecule has 0 unspecified atom stereocenters. The van der Waals surface area contributed by atoms with Crippen molar-refractivity contribution in [3.05, 3.63) is 60.2 Å². The van der Waals surface area contributed by atoms with Crippen LogP contribution in [0.25, 0.3) is 0 Å². The Morgan fingerprint density at radius 2 is 2.05 bits per heavy atom. The third-order valence-corrected chi connectivity index (χ3v) is 3.35. The van der Waals surface area contributed by atoms with Crippen molar-refractivity contribution < 1.29 is 4.79 Å². The minimum absolute atomic E-state index is 0.152. The van der Waals surface area contributed by atoms with Gasteiger partial charge in [0.1, 0.15) is 0 Å². The lowest BCUT2D eigenvalue weighted by molar-refractivity contribution is -0.133. The molecular formula is C17H21N3O. The topological polar surface area (TPSA) is 46.1 Å². The molecule has 0 fully saturated rings. The highest BCUT2D eigenvalue weighted by Crippen LogP contribution is 2.10. The zero-order valence-corrected chi connectivity index (χ0v) is 12.6. The van der Waals surface area contributed by atoms with Crippen molar-refractivity contribution >= 4 is 5.91 Å². The Morgan fingerprint density at radius 1 is 1.19 bits per heavy atom. The molecule has 0 atom stereocenters. The first-order valence-electron chi connectivity index (χ1n) is 7.25. The molecule has 4 heteroatoms. The molecule has 1 amide bonds. The van der Waals surface area contributed by atoms with Gasteiger partial charge in [-0.3, -0.25) is 14.8 Å². The van der Waals surface area contributed by atoms with E-state index in [2.05, 4.69) is 9.97 Å². The van der Waals surface area contributed by atoms with E-state index < -0.39 is 0 Å². The summed E-state index contributed by atoms with van der Waals surface area (Å²) in [5, 5.41) is 0. The molecule has 2 aromatic heterocycles. The number of hydrogen-bond donors (Lipinski definition) is 0. The quantitative estimate of drug-likeness (QED) is 0.819. The summed E-state index contributed by atoms with van der Waals surface area (Å²) in [6.07, 6.45) is 6.53. The predicted octanol–water partition coefficient (Wildman–Crippen LogP) is 2.85. The normalized spacial score (nSPS) is 10.6. The Morgan fingerprint density at radius 3 is 2.67 bits per heavy atom. The number of carbonyl (C=O) groups is 1. The maximum absolute atomic E-state index is 12.4. The van der Waals surface area contributed by atoms with Gasteiger partial charge in [0.2, 0.25) is 5.91 Å². The monoisotopic (exact) mass is 283 g/mol. The molecule has 0 N–H and O–H groups in total. The van der Waals surface area contributed by atoms with Crippen LogP contribution >= 0.6 is 0 Å². The Bertz CT molecular complexity index is 555. The van der Waals surface area contributed by atoms with Gasteiger partial charge in [0.05, 0.1) is 12.2 Å². The van der Waals surface area contributed by atoms with Crippen LogP contribution < -0.4 is 0 Å². The van der Waals surface area contributed by atoms with E-state index in [-0.39, 0.29) is 11.9 Å². The molecule has 0 saturated carbocycles. The summed E-state index contributed by atoms with van der Waals surface area (Å²) in [6.45, 7) is 4.63. The van der Waals surface area contributed by atoms with Crippen molar-refractivity contribution in [2.75, 3.05) is 0 Å². The first kappa shape index (κ1) is 15.2. The summed E-state index contributed by atoms with van der Waals surface area (Å²) in [4.78, 5) is 22.7. The molecule has 21 heavy (non-hydrogen) atoms. The van der Waals surface area contributed by atoms with Gasteiger partial charge in [-0.25, -0.2) is 0 Å². The van der Waals surface area contributed by atoms with E-state index in [1.807, 2.05) is 55.3 Å². The van der Waals surface area contributed by atoms with E-state index >= 15 is 0 Å². The fourth-order valence-corrected chi connectivity index (χ4v) is 2.17. The largest absolute Gasteiger partial charge is 0.334 e. The standard InChI is InChI=1S/C17H21N3O/c1-14(2)20(13-16-7-3-4-11-19-16)17(21)9-8-15-6-5-10-18-12-15/h3-7,10-12,14H,8-9,13H2,1-2H3. The fraction of sp³-hybridized carbons (Fsp3) is 0.353. The second-order valence-corrected chi connectivity index (χ2v) is 5.30. The smallest absolute Gasteiger partial charge is 0.223 e. The molecule has 0 aliphatic rings. The lowest BCUT2D eigenvalue weighted by Gasteiger charge is -2.26. The van der Waals surface area contributed by atoms with Gasteiger partial charge in [-0.2, -0.15) is 0 Å². The molecule has 0 aliphatic heterocycles. The summed E-state index contributed by atoms with van der Waals surface area (Å²) in [5.74, 6) is 0.152. The first-order chi connectivity index (χ1) is 10.2. The molecule has 110 valence electrons. The maximum atomic E-state index is 12.4. The molecule has 4 nitrogen and oxygen atoms in total. The van der Waals surface area contributed by atoms with Crippen molar-refractivity contribution in [3.63, 3.8) is 0 Å². The van der Waals surface area contributed by atoms with Crippen LogP contribution in [-0.4, -0.2) is 26.8 Å². The van der Waals surface area contributed by atoms with Gasteiger partial charge in [-0.1, -0.05) is 12.1 Å². The highest BCUT2D eigenvalue weighted by atomic mass is 16.2. The number of rotatable bonds is 6. The number of aryl methyl sites for hydroxylation is 1. The molecule has 0 aromatic carbocycles. The number of nitrogens with zero attached hydrogens (tertiary/aromatic N) is 3. The van der Waals surface area contributed by atoms with Gasteiger partial charge in [-0.15, -0.1) is 0 Å². The zero-order valence-electron chi connectivity index (χ0n) is 12.6. The van der Waals surface area contributed by atoms with E-state index in [0.717, 1.165) is 17.7 Å². The van der Waals surface area contributed by atoms with E-state index in [9.17, 15) is 4.79 Å². The molecule has 2 rings (SSSR count). The van der Waals surface area contributed by atoms with Gasteiger partial charge >= 0.3 is 0 Å². The second kappa shape index (κ2) is 7.53. The van der Waals surface area contributed by atoms with Gasteiger partial charge in [0.25, 0.3) is 0 Å². The number of carbonyl (C=O) groups excluding carboxylic acids is 1. The summed E-state index contributed by atoms with van der Waals surface area (Å²) < 4.78 is 0. The van der Waals surface area contributed by atoms with E-state index in [1.165, 1.54) is 0 Å². The summed E-state index contributed by atoms with van der Waals surface area (Å²) in [7, 11) is 0. The summed E-state index contributed by atoms with van der Waals surface area (Å²) >= 11 is 0. The third kappa shape index (κ3) is 4.67. The molecule has 0 spiro atoms. The van der Waals surface area contributed by atoms with Gasteiger partial charge in [-0.05, 0) is 44.0 Å². The zero-order chi connectivity index (χ0) is 15.1. The molecule has 2 heterocycles. The van der Waals surface area contributed by atoms with Gasteiger partial charge in [0, 0.05) is 31.1 Å². The first-order valence-corrected chi connectivity index (χ1v) is 7.25. The Balaban J connectivity index is 1.96. The Hall–Kier alpha value is -2.23. The summed E-state index contributed by atoms with van der Waals surface area (Å²) in [6, 6.07) is 9.83. The minimum atomic E-state index is 0.152. The summed E-state index contributed by atoms with van der Waals surface area (Å²) in [5.41, 5.74) is 2.01. The van der Waals surface area contributed by atoms with E-state index in [0.29, 0.717) is 13.0 Å². The maximum Gasteiger partial charge on any atom is 0.223 e. The molecule has 0 saturated heterocycles. The van der Waals surface area contributed by atoms with Crippen LogP contribution in [0.15, 0.2) is 48.9 Å². The lowest BCUT2D eigenvalue weighted by atomic mass is 10.1. The molecule has 2 aromatic rings. The SMILES string of the molecule is CC(C)N(Cc1ccccn1)C(=O)CCc1cccnc1. The van der Waals surface area contributed by atoms with E-state index in [4.69, 9.17) is 0 Å². The van der Waals surface area contributed by atoms with Crippen LogP contribution in [0.4, 0.5) is 0 Å². The van der Waals surface area contributed by atoms with Crippen molar-refractivity contribution in [1.82, 2.24) is 14.9 Å². The number of hydrogen-bond acceptors (Lipinski definition) is 3. The number of amides is 1. The predicted molar refractivity (Wildman–Crippen MR) is 82.5 cm³/mol. The van der Waals surface area contributed by atoms with Crippen LogP contribution in [0.3, 0.4) is 0 Å². The van der Waals surface area contributed by atoms with Crippen LogP contribution in [0.1, 0.15) is 31.5 Å². The second-order valence-electron chi connectivity index (χ2n) is 5.30. The Kier molecular flexibility index (Phi) is 5.43.